The highest BCUT2D eigenvalue weighted by Gasteiger charge is 2.25. The normalized spacial score (nSPS) is 22.3. The Morgan fingerprint density at radius 1 is 1.40 bits per heavy atom. The van der Waals surface area contributed by atoms with Gasteiger partial charge in [0.2, 0.25) is 11.8 Å². The van der Waals surface area contributed by atoms with Crippen LogP contribution in [-0.4, -0.2) is 24.0 Å². The highest BCUT2D eigenvalue weighted by Crippen LogP contribution is 2.29. The molecule has 0 bridgehead atoms. The van der Waals surface area contributed by atoms with Gasteiger partial charge in [0.1, 0.15) is 0 Å². The Morgan fingerprint density at radius 2 is 2.15 bits per heavy atom. The fourth-order valence-corrected chi connectivity index (χ4v) is 2.59. The number of carbonyl (C=O) groups is 1. The zero-order valence-corrected chi connectivity index (χ0v) is 12.0. The maximum absolute atomic E-state index is 12.2. The fourth-order valence-electron chi connectivity index (χ4n) is 2.59. The Labute approximate surface area is 119 Å². The second-order valence-corrected chi connectivity index (χ2v) is 5.26. The third-order valence-electron chi connectivity index (χ3n) is 3.85. The standard InChI is InChI=1S/C15H23N3O2/c1-2-20-14-8-7-13(10-17-14)18-15(19)12-5-3-11(9-16)4-6-12/h7-8,10-12H,2-6,9,16H2,1H3,(H,18,19). The van der Waals surface area contributed by atoms with Crippen molar-refractivity contribution in [3.8, 4) is 5.88 Å². The van der Waals surface area contributed by atoms with E-state index in [2.05, 4.69) is 10.3 Å². The lowest BCUT2D eigenvalue weighted by molar-refractivity contribution is -0.121. The molecule has 0 aromatic carbocycles. The fraction of sp³-hybridized carbons (Fsp3) is 0.600. The molecule has 1 aliphatic rings. The van der Waals surface area contributed by atoms with E-state index in [1.165, 1.54) is 0 Å². The average Bonchev–Trinajstić information content (AvgIpc) is 2.49. The first-order valence-electron chi connectivity index (χ1n) is 7.32. The molecule has 20 heavy (non-hydrogen) atoms. The van der Waals surface area contributed by atoms with Crippen molar-refractivity contribution in [3.63, 3.8) is 0 Å². The van der Waals surface area contributed by atoms with E-state index in [9.17, 15) is 4.79 Å². The molecule has 5 heteroatoms. The molecule has 1 heterocycles. The minimum absolute atomic E-state index is 0.0893. The molecule has 0 spiro atoms. The molecule has 2 rings (SSSR count). The predicted octanol–water partition coefficient (Wildman–Crippen LogP) is 2.18. The maximum atomic E-state index is 12.2. The number of hydrogen-bond donors (Lipinski definition) is 2. The number of hydrogen-bond acceptors (Lipinski definition) is 4. The maximum Gasteiger partial charge on any atom is 0.227 e. The largest absolute Gasteiger partial charge is 0.478 e. The number of nitrogens with zero attached hydrogens (tertiary/aromatic N) is 1. The zero-order chi connectivity index (χ0) is 14.4. The molecule has 1 fully saturated rings. The number of amides is 1. The summed E-state index contributed by atoms with van der Waals surface area (Å²) in [5, 5.41) is 2.93. The van der Waals surface area contributed by atoms with Crippen molar-refractivity contribution >= 4 is 11.6 Å². The molecule has 3 N–H and O–H groups in total. The summed E-state index contributed by atoms with van der Waals surface area (Å²) < 4.78 is 5.27. The molecular formula is C15H23N3O2. The molecule has 1 amide bonds. The molecule has 1 aromatic heterocycles. The van der Waals surface area contributed by atoms with Gasteiger partial charge in [0.25, 0.3) is 0 Å². The number of aromatic nitrogens is 1. The first kappa shape index (κ1) is 14.8. The van der Waals surface area contributed by atoms with Gasteiger partial charge in [-0.1, -0.05) is 0 Å². The van der Waals surface area contributed by atoms with Crippen LogP contribution in [0.3, 0.4) is 0 Å². The summed E-state index contributed by atoms with van der Waals surface area (Å²) in [7, 11) is 0. The van der Waals surface area contributed by atoms with Gasteiger partial charge in [-0.2, -0.15) is 0 Å². The van der Waals surface area contributed by atoms with Gasteiger partial charge < -0.3 is 15.8 Å². The third kappa shape index (κ3) is 3.93. The summed E-state index contributed by atoms with van der Waals surface area (Å²) in [5.41, 5.74) is 6.39. The van der Waals surface area contributed by atoms with E-state index < -0.39 is 0 Å². The second-order valence-electron chi connectivity index (χ2n) is 5.26. The lowest BCUT2D eigenvalue weighted by Gasteiger charge is -2.26. The van der Waals surface area contributed by atoms with Crippen LogP contribution in [0.5, 0.6) is 5.88 Å². The summed E-state index contributed by atoms with van der Waals surface area (Å²) in [6.45, 7) is 3.23. The summed E-state index contributed by atoms with van der Waals surface area (Å²) in [6, 6.07) is 3.59. The molecular weight excluding hydrogens is 254 g/mol. The lowest BCUT2D eigenvalue weighted by atomic mass is 9.81. The van der Waals surface area contributed by atoms with Gasteiger partial charge in [0, 0.05) is 12.0 Å². The van der Waals surface area contributed by atoms with Crippen LogP contribution < -0.4 is 15.8 Å². The van der Waals surface area contributed by atoms with Crippen LogP contribution in [0.25, 0.3) is 0 Å². The van der Waals surface area contributed by atoms with E-state index in [1.54, 1.807) is 12.3 Å². The number of rotatable bonds is 5. The average molecular weight is 277 g/mol. The molecule has 1 aliphatic carbocycles. The van der Waals surface area contributed by atoms with Crippen LogP contribution in [0, 0.1) is 11.8 Å². The van der Waals surface area contributed by atoms with Gasteiger partial charge in [-0.05, 0) is 51.1 Å². The van der Waals surface area contributed by atoms with Crippen LogP contribution in [0.1, 0.15) is 32.6 Å². The Hall–Kier alpha value is -1.62. The SMILES string of the molecule is CCOc1ccc(NC(=O)C2CCC(CN)CC2)cn1. The molecule has 0 saturated heterocycles. The van der Waals surface area contributed by atoms with Gasteiger partial charge >= 0.3 is 0 Å². The van der Waals surface area contributed by atoms with E-state index in [0.717, 1.165) is 37.9 Å². The number of nitrogens with two attached hydrogens (primary N) is 1. The molecule has 1 saturated carbocycles. The molecule has 0 atom stereocenters. The Balaban J connectivity index is 1.85. The smallest absolute Gasteiger partial charge is 0.227 e. The summed E-state index contributed by atoms with van der Waals surface area (Å²) in [6.07, 6.45) is 5.59. The minimum Gasteiger partial charge on any atom is -0.478 e. The van der Waals surface area contributed by atoms with Crippen molar-refractivity contribution < 1.29 is 9.53 Å². The number of nitrogens with one attached hydrogen (secondary N) is 1. The number of anilines is 1. The van der Waals surface area contributed by atoms with Crippen molar-refractivity contribution in [2.75, 3.05) is 18.5 Å². The first-order valence-corrected chi connectivity index (χ1v) is 7.32. The summed E-state index contributed by atoms with van der Waals surface area (Å²) >= 11 is 0. The molecule has 110 valence electrons. The van der Waals surface area contributed by atoms with E-state index in [-0.39, 0.29) is 11.8 Å². The third-order valence-corrected chi connectivity index (χ3v) is 3.85. The van der Waals surface area contributed by atoms with Crippen molar-refractivity contribution in [1.29, 1.82) is 0 Å². The van der Waals surface area contributed by atoms with Crippen molar-refractivity contribution in [3.05, 3.63) is 18.3 Å². The highest BCUT2D eigenvalue weighted by atomic mass is 16.5. The minimum atomic E-state index is 0.0893. The zero-order valence-electron chi connectivity index (χ0n) is 12.0. The van der Waals surface area contributed by atoms with E-state index in [0.29, 0.717) is 18.4 Å². The van der Waals surface area contributed by atoms with Gasteiger partial charge in [0.15, 0.2) is 0 Å². The molecule has 0 aliphatic heterocycles. The molecule has 5 nitrogen and oxygen atoms in total. The van der Waals surface area contributed by atoms with Crippen molar-refractivity contribution in [2.45, 2.75) is 32.6 Å². The molecule has 0 radical (unpaired) electrons. The van der Waals surface area contributed by atoms with Crippen LogP contribution in [-0.2, 0) is 4.79 Å². The quantitative estimate of drug-likeness (QED) is 0.865. The Kier molecular flexibility index (Phi) is 5.35. The second kappa shape index (κ2) is 7.24. The van der Waals surface area contributed by atoms with Gasteiger partial charge in [-0.25, -0.2) is 4.98 Å². The molecule has 0 unspecified atom stereocenters. The van der Waals surface area contributed by atoms with Crippen molar-refractivity contribution in [1.82, 2.24) is 4.98 Å². The van der Waals surface area contributed by atoms with Crippen molar-refractivity contribution in [2.24, 2.45) is 17.6 Å². The number of carbonyl (C=O) groups excluding carboxylic acids is 1. The van der Waals surface area contributed by atoms with E-state index >= 15 is 0 Å². The van der Waals surface area contributed by atoms with Crippen LogP contribution in [0.2, 0.25) is 0 Å². The Morgan fingerprint density at radius 3 is 2.70 bits per heavy atom. The predicted molar refractivity (Wildman–Crippen MR) is 78.5 cm³/mol. The van der Waals surface area contributed by atoms with Gasteiger partial charge in [0.05, 0.1) is 18.5 Å². The van der Waals surface area contributed by atoms with Gasteiger partial charge in [-0.3, -0.25) is 4.79 Å². The van der Waals surface area contributed by atoms with Crippen LogP contribution in [0.4, 0.5) is 5.69 Å². The molecule has 1 aromatic rings. The first-order chi connectivity index (χ1) is 9.72. The van der Waals surface area contributed by atoms with E-state index in [1.807, 2.05) is 13.0 Å². The van der Waals surface area contributed by atoms with Gasteiger partial charge in [-0.15, -0.1) is 0 Å². The Bertz CT molecular complexity index is 425. The highest BCUT2D eigenvalue weighted by molar-refractivity contribution is 5.92. The van der Waals surface area contributed by atoms with Crippen LogP contribution >= 0.6 is 0 Å². The summed E-state index contributed by atoms with van der Waals surface area (Å²) in [4.78, 5) is 16.3. The lowest BCUT2D eigenvalue weighted by Crippen LogP contribution is -2.29. The number of ether oxygens (including phenoxy) is 1. The van der Waals surface area contributed by atoms with E-state index in [4.69, 9.17) is 10.5 Å². The number of pyridine rings is 1. The monoisotopic (exact) mass is 277 g/mol. The topological polar surface area (TPSA) is 77.2 Å². The summed E-state index contributed by atoms with van der Waals surface area (Å²) in [5.74, 6) is 1.36. The van der Waals surface area contributed by atoms with Crippen LogP contribution in [0.15, 0.2) is 18.3 Å².